The molecule has 2 N–H and O–H groups in total. The van der Waals surface area contributed by atoms with Gasteiger partial charge in [-0.05, 0) is 29.8 Å². The Morgan fingerprint density at radius 2 is 1.81 bits per heavy atom. The summed E-state index contributed by atoms with van der Waals surface area (Å²) in [6.45, 7) is 0. The van der Waals surface area contributed by atoms with Crippen LogP contribution in [0.5, 0.6) is 0 Å². The van der Waals surface area contributed by atoms with E-state index < -0.39 is 4.92 Å². The van der Waals surface area contributed by atoms with E-state index in [0.29, 0.717) is 26.7 Å². The van der Waals surface area contributed by atoms with Gasteiger partial charge in [-0.25, -0.2) is 4.98 Å². The maximum absolute atomic E-state index is 11.3. The molecule has 0 unspecified atom stereocenters. The van der Waals surface area contributed by atoms with Crippen LogP contribution in [0.15, 0.2) is 48.5 Å². The van der Waals surface area contributed by atoms with E-state index in [0.717, 1.165) is 0 Å². The molecule has 0 saturated carbocycles. The number of pyridine rings is 1. The first-order chi connectivity index (χ1) is 12.4. The van der Waals surface area contributed by atoms with Crippen molar-refractivity contribution in [1.29, 1.82) is 5.26 Å². The van der Waals surface area contributed by atoms with Gasteiger partial charge in [0.1, 0.15) is 17.5 Å². The molecule has 1 heterocycles. The van der Waals surface area contributed by atoms with Crippen molar-refractivity contribution >= 4 is 34.7 Å². The van der Waals surface area contributed by atoms with Crippen molar-refractivity contribution in [2.75, 3.05) is 5.73 Å². The van der Waals surface area contributed by atoms with Crippen molar-refractivity contribution in [1.82, 2.24) is 4.98 Å². The lowest BCUT2D eigenvalue weighted by Crippen LogP contribution is -2.01. The van der Waals surface area contributed by atoms with Crippen molar-refractivity contribution in [2.24, 2.45) is 0 Å². The lowest BCUT2D eigenvalue weighted by molar-refractivity contribution is -0.384. The molecule has 0 bridgehead atoms. The summed E-state index contributed by atoms with van der Waals surface area (Å²) in [5.41, 5.74) is 7.64. The van der Waals surface area contributed by atoms with Gasteiger partial charge < -0.3 is 5.73 Å². The van der Waals surface area contributed by atoms with Gasteiger partial charge in [0.2, 0.25) is 0 Å². The third-order valence-corrected chi connectivity index (χ3v) is 4.51. The van der Waals surface area contributed by atoms with Crippen LogP contribution in [0.25, 0.3) is 22.4 Å². The maximum Gasteiger partial charge on any atom is 0.278 e. The van der Waals surface area contributed by atoms with E-state index in [-0.39, 0.29) is 22.8 Å². The minimum absolute atomic E-state index is 0.0239. The van der Waals surface area contributed by atoms with Gasteiger partial charge in [-0.1, -0.05) is 41.4 Å². The average molecular weight is 385 g/mol. The third kappa shape index (κ3) is 3.18. The molecule has 6 nitrogen and oxygen atoms in total. The van der Waals surface area contributed by atoms with Gasteiger partial charge in [0.15, 0.2) is 0 Å². The fraction of sp³-hybridized carbons (Fsp3) is 0. The molecule has 0 amide bonds. The Morgan fingerprint density at radius 3 is 2.46 bits per heavy atom. The average Bonchev–Trinajstić information content (AvgIpc) is 2.63. The first-order valence-corrected chi connectivity index (χ1v) is 8.07. The SMILES string of the molecule is N#Cc1c(-c2ccc(Cl)c(Cl)c2)cc(-c2ccccc2[N+](=O)[O-])nc1N. The minimum Gasteiger partial charge on any atom is -0.383 e. The summed E-state index contributed by atoms with van der Waals surface area (Å²) >= 11 is 12.0. The number of anilines is 1. The zero-order valence-corrected chi connectivity index (χ0v) is 14.6. The second kappa shape index (κ2) is 7.00. The standard InChI is InChI=1S/C18H10Cl2N4O2/c19-14-6-5-10(7-15(14)20)12-8-16(23-18(22)13(12)9-21)11-3-1-2-4-17(11)24(25)26/h1-8H,(H2,22,23). The van der Waals surface area contributed by atoms with Gasteiger partial charge >= 0.3 is 0 Å². The zero-order valence-electron chi connectivity index (χ0n) is 13.1. The fourth-order valence-electron chi connectivity index (χ4n) is 2.56. The minimum atomic E-state index is -0.496. The number of nitro benzene ring substituents is 1. The normalized spacial score (nSPS) is 10.3. The number of nitrogen functional groups attached to an aromatic ring is 1. The van der Waals surface area contributed by atoms with Crippen LogP contribution in [0.2, 0.25) is 10.0 Å². The number of aromatic nitrogens is 1. The Morgan fingerprint density at radius 1 is 1.08 bits per heavy atom. The van der Waals surface area contributed by atoms with Gasteiger partial charge in [-0.15, -0.1) is 0 Å². The molecule has 26 heavy (non-hydrogen) atoms. The van der Waals surface area contributed by atoms with E-state index in [1.165, 1.54) is 6.07 Å². The Labute approximate surface area is 158 Å². The number of nitro groups is 1. The second-order valence-corrected chi connectivity index (χ2v) is 6.14. The van der Waals surface area contributed by atoms with Crippen LogP contribution in [-0.2, 0) is 0 Å². The summed E-state index contributed by atoms with van der Waals surface area (Å²) in [6.07, 6.45) is 0. The van der Waals surface area contributed by atoms with Gasteiger partial charge in [0.25, 0.3) is 5.69 Å². The molecule has 0 spiro atoms. The second-order valence-electron chi connectivity index (χ2n) is 5.33. The molecule has 0 fully saturated rings. The Kier molecular flexibility index (Phi) is 4.76. The van der Waals surface area contributed by atoms with Crippen LogP contribution in [0, 0.1) is 21.4 Å². The summed E-state index contributed by atoms with van der Waals surface area (Å²) in [7, 11) is 0. The van der Waals surface area contributed by atoms with Crippen LogP contribution in [0.3, 0.4) is 0 Å². The predicted octanol–water partition coefficient (Wildman–Crippen LogP) is 5.08. The van der Waals surface area contributed by atoms with Crippen LogP contribution in [0.1, 0.15) is 5.56 Å². The molecule has 0 aliphatic heterocycles. The van der Waals surface area contributed by atoms with Crippen molar-refractivity contribution in [2.45, 2.75) is 0 Å². The highest BCUT2D eigenvalue weighted by Crippen LogP contribution is 2.36. The summed E-state index contributed by atoms with van der Waals surface area (Å²) in [5, 5.41) is 21.4. The van der Waals surface area contributed by atoms with Crippen LogP contribution in [-0.4, -0.2) is 9.91 Å². The smallest absolute Gasteiger partial charge is 0.278 e. The van der Waals surface area contributed by atoms with E-state index >= 15 is 0 Å². The monoisotopic (exact) mass is 384 g/mol. The molecule has 0 saturated heterocycles. The van der Waals surface area contributed by atoms with E-state index in [1.54, 1.807) is 42.5 Å². The molecule has 128 valence electrons. The van der Waals surface area contributed by atoms with E-state index in [1.807, 2.05) is 6.07 Å². The van der Waals surface area contributed by atoms with Crippen molar-refractivity contribution in [3.8, 4) is 28.5 Å². The third-order valence-electron chi connectivity index (χ3n) is 3.77. The summed E-state index contributed by atoms with van der Waals surface area (Å²) in [5.74, 6) is -0.0239. The Bertz CT molecular complexity index is 1080. The largest absolute Gasteiger partial charge is 0.383 e. The lowest BCUT2D eigenvalue weighted by Gasteiger charge is -2.11. The van der Waals surface area contributed by atoms with Crippen molar-refractivity contribution in [3.05, 3.63) is 74.3 Å². The molecule has 3 aromatic rings. The summed E-state index contributed by atoms with van der Waals surface area (Å²) < 4.78 is 0. The van der Waals surface area contributed by atoms with E-state index in [4.69, 9.17) is 28.9 Å². The quantitative estimate of drug-likeness (QED) is 0.500. The van der Waals surface area contributed by atoms with Crippen molar-refractivity contribution < 1.29 is 4.92 Å². The lowest BCUT2D eigenvalue weighted by atomic mass is 9.98. The maximum atomic E-state index is 11.3. The summed E-state index contributed by atoms with van der Waals surface area (Å²) in [4.78, 5) is 15.0. The first kappa shape index (κ1) is 17.7. The van der Waals surface area contributed by atoms with Gasteiger partial charge in [-0.3, -0.25) is 10.1 Å². The number of hydrogen-bond donors (Lipinski definition) is 1. The molecule has 3 rings (SSSR count). The topological polar surface area (TPSA) is 106 Å². The molecule has 1 aromatic heterocycles. The number of nitriles is 1. The van der Waals surface area contributed by atoms with E-state index in [9.17, 15) is 15.4 Å². The highest BCUT2D eigenvalue weighted by Gasteiger charge is 2.19. The molecule has 0 aliphatic carbocycles. The van der Waals surface area contributed by atoms with Crippen molar-refractivity contribution in [3.63, 3.8) is 0 Å². The number of nitrogens with two attached hydrogens (primary N) is 1. The molecule has 2 aromatic carbocycles. The number of nitrogens with zero attached hydrogens (tertiary/aromatic N) is 3. The zero-order chi connectivity index (χ0) is 18.8. The van der Waals surface area contributed by atoms with Crippen LogP contribution < -0.4 is 5.73 Å². The van der Waals surface area contributed by atoms with Gasteiger partial charge in [0.05, 0.1) is 26.2 Å². The molecular weight excluding hydrogens is 375 g/mol. The van der Waals surface area contributed by atoms with Gasteiger partial charge in [-0.2, -0.15) is 5.26 Å². The number of hydrogen-bond acceptors (Lipinski definition) is 5. The first-order valence-electron chi connectivity index (χ1n) is 7.32. The molecule has 8 heteroatoms. The van der Waals surface area contributed by atoms with Crippen LogP contribution in [0.4, 0.5) is 11.5 Å². The molecule has 0 aliphatic rings. The molecule has 0 atom stereocenters. The Hall–Kier alpha value is -3.14. The number of rotatable bonds is 3. The number of halogens is 2. The predicted molar refractivity (Wildman–Crippen MR) is 101 cm³/mol. The highest BCUT2D eigenvalue weighted by molar-refractivity contribution is 6.42. The Balaban J connectivity index is 2.29. The van der Waals surface area contributed by atoms with Crippen LogP contribution >= 0.6 is 23.2 Å². The highest BCUT2D eigenvalue weighted by atomic mass is 35.5. The number of benzene rings is 2. The van der Waals surface area contributed by atoms with E-state index in [2.05, 4.69) is 4.98 Å². The fourth-order valence-corrected chi connectivity index (χ4v) is 2.86. The number of para-hydroxylation sites is 1. The van der Waals surface area contributed by atoms with Gasteiger partial charge in [0, 0.05) is 11.6 Å². The molecular formula is C18H10Cl2N4O2. The summed E-state index contributed by atoms with van der Waals surface area (Å²) in [6, 6.07) is 14.7. The molecule has 0 radical (unpaired) electrons.